The lowest BCUT2D eigenvalue weighted by Gasteiger charge is -2.21. The Bertz CT molecular complexity index is 552. The highest BCUT2D eigenvalue weighted by Crippen LogP contribution is 2.49. The van der Waals surface area contributed by atoms with Gasteiger partial charge >= 0.3 is 0 Å². The molecule has 0 radical (unpaired) electrons. The lowest BCUT2D eigenvalue weighted by molar-refractivity contribution is 0.513. The topological polar surface area (TPSA) is 46.2 Å². The Hall–Kier alpha value is -0.390. The number of halogens is 1. The number of rotatable bonds is 6. The molecule has 1 aromatic carbocycles. The maximum absolute atomic E-state index is 11.3. The monoisotopic (exact) mass is 345 g/mol. The highest BCUT2D eigenvalue weighted by atomic mass is 79.9. The van der Waals surface area contributed by atoms with E-state index in [9.17, 15) is 8.42 Å². The summed E-state index contributed by atoms with van der Waals surface area (Å²) in [6, 6.07) is 8.29. The molecular formula is C14H20BrNO2S. The fourth-order valence-corrected chi connectivity index (χ4v) is 4.20. The summed E-state index contributed by atoms with van der Waals surface area (Å²) in [6.45, 7) is 2.77. The van der Waals surface area contributed by atoms with Gasteiger partial charge in [0.05, 0.1) is 5.75 Å². The Balaban J connectivity index is 1.98. The standard InChI is InChI=1S/C14H20BrNO2S/c1-11(9-19(2,17)18)16-10-14(7-8-14)12-5-3-4-6-13(12)15/h3-6,11,16H,7-10H2,1-2H3/t11-/m0/s1. The third-order valence-electron chi connectivity index (χ3n) is 3.64. The van der Waals surface area contributed by atoms with Crippen molar-refractivity contribution >= 4 is 25.8 Å². The SMILES string of the molecule is C[C@@H](CS(C)(=O)=O)NCC1(c2ccccc2Br)CC1. The summed E-state index contributed by atoms with van der Waals surface area (Å²) in [7, 11) is -2.92. The third-order valence-corrected chi connectivity index (χ3v) is 5.44. The predicted octanol–water partition coefficient (Wildman–Crippen LogP) is 2.50. The molecule has 1 aromatic rings. The first-order valence-electron chi connectivity index (χ1n) is 6.49. The van der Waals surface area contributed by atoms with E-state index in [1.807, 2.05) is 13.0 Å². The quantitative estimate of drug-likeness (QED) is 0.861. The summed E-state index contributed by atoms with van der Waals surface area (Å²) in [5.74, 6) is 0.193. The Morgan fingerprint density at radius 1 is 1.37 bits per heavy atom. The van der Waals surface area contributed by atoms with Gasteiger partial charge < -0.3 is 5.32 Å². The zero-order chi connectivity index (χ0) is 14.1. The number of sulfone groups is 1. The van der Waals surface area contributed by atoms with E-state index >= 15 is 0 Å². The van der Waals surface area contributed by atoms with Crippen LogP contribution in [-0.4, -0.2) is 33.0 Å². The molecule has 0 aliphatic heterocycles. The van der Waals surface area contributed by atoms with Crippen molar-refractivity contribution in [1.82, 2.24) is 5.32 Å². The van der Waals surface area contributed by atoms with Crippen LogP contribution < -0.4 is 5.32 Å². The second-order valence-corrected chi connectivity index (χ2v) is 8.67. The molecule has 0 bridgehead atoms. The molecular weight excluding hydrogens is 326 g/mol. The van der Waals surface area contributed by atoms with Crippen LogP contribution in [0, 0.1) is 0 Å². The zero-order valence-corrected chi connectivity index (χ0v) is 13.7. The number of hydrogen-bond acceptors (Lipinski definition) is 3. The van der Waals surface area contributed by atoms with Crippen LogP contribution in [0.4, 0.5) is 0 Å². The van der Waals surface area contributed by atoms with Gasteiger partial charge in [-0.3, -0.25) is 0 Å². The minimum Gasteiger partial charge on any atom is -0.312 e. The van der Waals surface area contributed by atoms with E-state index in [4.69, 9.17) is 0 Å². The number of benzene rings is 1. The van der Waals surface area contributed by atoms with Crippen molar-refractivity contribution in [2.75, 3.05) is 18.6 Å². The number of hydrogen-bond donors (Lipinski definition) is 1. The molecule has 106 valence electrons. The molecule has 1 atom stereocenters. The molecule has 5 heteroatoms. The highest BCUT2D eigenvalue weighted by molar-refractivity contribution is 9.10. The molecule has 1 N–H and O–H groups in total. The maximum atomic E-state index is 11.3. The molecule has 0 spiro atoms. The highest BCUT2D eigenvalue weighted by Gasteiger charge is 2.45. The van der Waals surface area contributed by atoms with Gasteiger partial charge in [0.1, 0.15) is 9.84 Å². The fourth-order valence-electron chi connectivity index (χ4n) is 2.47. The van der Waals surface area contributed by atoms with Crippen molar-refractivity contribution in [1.29, 1.82) is 0 Å². The summed E-state index contributed by atoms with van der Waals surface area (Å²) < 4.78 is 23.7. The minimum absolute atomic E-state index is 0.00466. The Morgan fingerprint density at radius 3 is 2.53 bits per heavy atom. The average Bonchev–Trinajstić information content (AvgIpc) is 3.06. The van der Waals surface area contributed by atoms with Crippen LogP contribution in [0.15, 0.2) is 28.7 Å². The van der Waals surface area contributed by atoms with Gasteiger partial charge in [0.25, 0.3) is 0 Å². The van der Waals surface area contributed by atoms with Gasteiger partial charge in [-0.1, -0.05) is 34.1 Å². The molecule has 2 rings (SSSR count). The van der Waals surface area contributed by atoms with Crippen molar-refractivity contribution < 1.29 is 8.42 Å². The molecule has 1 aliphatic rings. The molecule has 1 fully saturated rings. The predicted molar refractivity (Wildman–Crippen MR) is 82.2 cm³/mol. The first-order chi connectivity index (χ1) is 8.82. The molecule has 0 saturated heterocycles. The van der Waals surface area contributed by atoms with Crippen LogP contribution in [-0.2, 0) is 15.3 Å². The third kappa shape index (κ3) is 4.04. The van der Waals surface area contributed by atoms with Gasteiger partial charge in [-0.05, 0) is 31.4 Å². The summed E-state index contributed by atoms with van der Waals surface area (Å²) >= 11 is 3.60. The van der Waals surface area contributed by atoms with E-state index < -0.39 is 9.84 Å². The summed E-state index contributed by atoms with van der Waals surface area (Å²) in [6.07, 6.45) is 3.61. The van der Waals surface area contributed by atoms with Crippen molar-refractivity contribution in [2.45, 2.75) is 31.2 Å². The first-order valence-corrected chi connectivity index (χ1v) is 9.34. The van der Waals surface area contributed by atoms with Crippen LogP contribution >= 0.6 is 15.9 Å². The van der Waals surface area contributed by atoms with Gasteiger partial charge in [0.15, 0.2) is 0 Å². The molecule has 0 unspecified atom stereocenters. The van der Waals surface area contributed by atoms with E-state index in [1.54, 1.807) is 0 Å². The lowest BCUT2D eigenvalue weighted by Crippen LogP contribution is -2.38. The summed E-state index contributed by atoms with van der Waals surface area (Å²) in [5.41, 5.74) is 1.51. The van der Waals surface area contributed by atoms with E-state index in [0.29, 0.717) is 0 Å². The normalized spacial score (nSPS) is 19.1. The van der Waals surface area contributed by atoms with Crippen molar-refractivity contribution in [3.05, 3.63) is 34.3 Å². The number of nitrogens with one attached hydrogen (secondary N) is 1. The van der Waals surface area contributed by atoms with Crippen molar-refractivity contribution in [2.24, 2.45) is 0 Å². The van der Waals surface area contributed by atoms with Crippen LogP contribution in [0.3, 0.4) is 0 Å². The summed E-state index contributed by atoms with van der Waals surface area (Å²) in [4.78, 5) is 0. The molecule has 0 heterocycles. The minimum atomic E-state index is -2.92. The first kappa shape index (κ1) is 15.0. The Kier molecular flexibility index (Phi) is 4.38. The van der Waals surface area contributed by atoms with E-state index in [0.717, 1.165) is 23.9 Å². The van der Waals surface area contributed by atoms with Gasteiger partial charge in [-0.25, -0.2) is 8.42 Å². The van der Waals surface area contributed by atoms with Gasteiger partial charge in [0, 0.05) is 28.7 Å². The van der Waals surface area contributed by atoms with Crippen LogP contribution in [0.25, 0.3) is 0 Å². The molecule has 1 aliphatic carbocycles. The molecule has 0 aromatic heterocycles. The van der Waals surface area contributed by atoms with E-state index in [2.05, 4.69) is 39.4 Å². The van der Waals surface area contributed by atoms with E-state index in [1.165, 1.54) is 11.8 Å². The van der Waals surface area contributed by atoms with E-state index in [-0.39, 0.29) is 17.2 Å². The van der Waals surface area contributed by atoms with Gasteiger partial charge in [-0.2, -0.15) is 0 Å². The zero-order valence-electron chi connectivity index (χ0n) is 11.3. The second-order valence-electron chi connectivity index (χ2n) is 5.63. The van der Waals surface area contributed by atoms with Crippen LogP contribution in [0.2, 0.25) is 0 Å². The van der Waals surface area contributed by atoms with Crippen LogP contribution in [0.1, 0.15) is 25.3 Å². The largest absolute Gasteiger partial charge is 0.312 e. The lowest BCUT2D eigenvalue weighted by atomic mass is 9.96. The smallest absolute Gasteiger partial charge is 0.148 e. The second kappa shape index (κ2) is 5.54. The van der Waals surface area contributed by atoms with Gasteiger partial charge in [0.2, 0.25) is 0 Å². The van der Waals surface area contributed by atoms with Crippen molar-refractivity contribution in [3.8, 4) is 0 Å². The maximum Gasteiger partial charge on any atom is 0.148 e. The Morgan fingerprint density at radius 2 is 2.00 bits per heavy atom. The average molecular weight is 346 g/mol. The van der Waals surface area contributed by atoms with Crippen LogP contribution in [0.5, 0.6) is 0 Å². The fraction of sp³-hybridized carbons (Fsp3) is 0.571. The van der Waals surface area contributed by atoms with Gasteiger partial charge in [-0.15, -0.1) is 0 Å². The molecule has 1 saturated carbocycles. The molecule has 19 heavy (non-hydrogen) atoms. The molecule has 3 nitrogen and oxygen atoms in total. The molecule has 0 amide bonds. The van der Waals surface area contributed by atoms with Crippen molar-refractivity contribution in [3.63, 3.8) is 0 Å². The Labute approximate surface area is 123 Å². The summed E-state index contributed by atoms with van der Waals surface area (Å²) in [5, 5.41) is 3.37.